The Morgan fingerprint density at radius 3 is 2.69 bits per heavy atom. The summed E-state index contributed by atoms with van der Waals surface area (Å²) in [7, 11) is 0. The van der Waals surface area contributed by atoms with Crippen LogP contribution in [0.15, 0.2) is 42.5 Å². The number of quaternary nitrogens is 1. The summed E-state index contributed by atoms with van der Waals surface area (Å²) in [6, 6.07) is 12.4. The van der Waals surface area contributed by atoms with Crippen molar-refractivity contribution in [1.29, 1.82) is 0 Å². The molecule has 1 fully saturated rings. The molecule has 4 rings (SSSR count). The smallest absolute Gasteiger partial charge is 0.292 e. The van der Waals surface area contributed by atoms with Crippen LogP contribution >= 0.6 is 0 Å². The lowest BCUT2D eigenvalue weighted by Gasteiger charge is -2.15. The SMILES string of the molecule is CCCCOc1ccc(N2C(=O)C[C@@H]([NH2+]Cc3ccc4c(c3)OCO4)C2=O)cc1. The maximum Gasteiger partial charge on any atom is 0.292 e. The largest absolute Gasteiger partial charge is 0.494 e. The van der Waals surface area contributed by atoms with E-state index in [-0.39, 0.29) is 25.0 Å². The number of benzene rings is 2. The average molecular weight is 397 g/mol. The first-order valence-electron chi connectivity index (χ1n) is 9.97. The number of hydrogen-bond acceptors (Lipinski definition) is 5. The predicted molar refractivity (Wildman–Crippen MR) is 106 cm³/mol. The molecular weight excluding hydrogens is 372 g/mol. The van der Waals surface area contributed by atoms with Gasteiger partial charge < -0.3 is 19.5 Å². The van der Waals surface area contributed by atoms with Crippen LogP contribution in [-0.4, -0.2) is 31.3 Å². The maximum absolute atomic E-state index is 12.8. The van der Waals surface area contributed by atoms with Crippen molar-refractivity contribution in [3.63, 3.8) is 0 Å². The number of hydrogen-bond donors (Lipinski definition) is 1. The molecule has 1 saturated heterocycles. The van der Waals surface area contributed by atoms with Gasteiger partial charge in [-0.05, 0) is 48.9 Å². The minimum Gasteiger partial charge on any atom is -0.494 e. The van der Waals surface area contributed by atoms with Gasteiger partial charge in [-0.2, -0.15) is 0 Å². The van der Waals surface area contributed by atoms with Crippen LogP contribution in [-0.2, 0) is 16.1 Å². The first-order valence-corrected chi connectivity index (χ1v) is 9.97. The highest BCUT2D eigenvalue weighted by molar-refractivity contribution is 6.21. The van der Waals surface area contributed by atoms with Gasteiger partial charge in [0.2, 0.25) is 12.7 Å². The quantitative estimate of drug-likeness (QED) is 0.544. The van der Waals surface area contributed by atoms with Gasteiger partial charge in [-0.3, -0.25) is 9.59 Å². The van der Waals surface area contributed by atoms with Crippen molar-refractivity contribution in [1.82, 2.24) is 0 Å². The van der Waals surface area contributed by atoms with E-state index in [0.717, 1.165) is 29.9 Å². The fraction of sp³-hybridized carbons (Fsp3) is 0.364. The van der Waals surface area contributed by atoms with Gasteiger partial charge >= 0.3 is 0 Å². The third-order valence-corrected chi connectivity index (χ3v) is 5.12. The van der Waals surface area contributed by atoms with Crippen molar-refractivity contribution >= 4 is 17.5 Å². The van der Waals surface area contributed by atoms with Gasteiger partial charge in [0.05, 0.1) is 18.7 Å². The van der Waals surface area contributed by atoms with E-state index in [4.69, 9.17) is 14.2 Å². The summed E-state index contributed by atoms with van der Waals surface area (Å²) in [6.45, 7) is 3.58. The molecule has 2 heterocycles. The molecule has 2 aliphatic rings. The fourth-order valence-electron chi connectivity index (χ4n) is 3.48. The molecular formula is C22H25N2O5+. The molecule has 7 heteroatoms. The van der Waals surface area contributed by atoms with Crippen molar-refractivity contribution in [2.24, 2.45) is 0 Å². The zero-order chi connectivity index (χ0) is 20.2. The summed E-state index contributed by atoms with van der Waals surface area (Å²) < 4.78 is 16.3. The summed E-state index contributed by atoms with van der Waals surface area (Å²) in [5.41, 5.74) is 1.60. The molecule has 0 spiro atoms. The number of fused-ring (bicyclic) bond motifs is 1. The Morgan fingerprint density at radius 2 is 1.90 bits per heavy atom. The highest BCUT2D eigenvalue weighted by Gasteiger charge is 2.42. The van der Waals surface area contributed by atoms with E-state index in [0.29, 0.717) is 24.6 Å². The number of nitrogens with zero attached hydrogens (tertiary/aromatic N) is 1. The Morgan fingerprint density at radius 1 is 1.10 bits per heavy atom. The van der Waals surface area contributed by atoms with Crippen molar-refractivity contribution in [2.45, 2.75) is 38.8 Å². The van der Waals surface area contributed by atoms with Gasteiger partial charge in [-0.25, -0.2) is 4.90 Å². The number of amides is 2. The van der Waals surface area contributed by atoms with Crippen LogP contribution in [0, 0.1) is 0 Å². The number of ether oxygens (including phenoxy) is 3. The molecule has 0 unspecified atom stereocenters. The molecule has 0 bridgehead atoms. The van der Waals surface area contributed by atoms with Gasteiger partial charge in [0.1, 0.15) is 12.3 Å². The molecule has 2 amide bonds. The number of rotatable bonds is 8. The summed E-state index contributed by atoms with van der Waals surface area (Å²) in [6.07, 6.45) is 2.25. The number of carbonyl (C=O) groups excluding carboxylic acids is 2. The van der Waals surface area contributed by atoms with Gasteiger partial charge in [0.25, 0.3) is 5.91 Å². The standard InChI is InChI=1S/C22H24N2O5/c1-2-3-10-27-17-7-5-16(6-8-17)24-21(25)12-18(22(24)26)23-13-15-4-9-19-20(11-15)29-14-28-19/h4-9,11,18,23H,2-3,10,12-14H2,1H3/p+1/t18-/m1/s1. The first kappa shape index (κ1) is 19.3. The van der Waals surface area contributed by atoms with Crippen LogP contribution < -0.4 is 24.4 Å². The minimum absolute atomic E-state index is 0.179. The summed E-state index contributed by atoms with van der Waals surface area (Å²) in [5.74, 6) is 1.82. The van der Waals surface area contributed by atoms with Crippen LogP contribution in [0.2, 0.25) is 0 Å². The van der Waals surface area contributed by atoms with Gasteiger partial charge in [0, 0.05) is 5.56 Å². The number of unbranched alkanes of at least 4 members (excludes halogenated alkanes) is 1. The van der Waals surface area contributed by atoms with Crippen LogP contribution in [0.3, 0.4) is 0 Å². The number of imide groups is 1. The highest BCUT2D eigenvalue weighted by atomic mass is 16.7. The second-order valence-corrected chi connectivity index (χ2v) is 7.20. The number of nitrogens with two attached hydrogens (primary N) is 1. The molecule has 0 aliphatic carbocycles. The third-order valence-electron chi connectivity index (χ3n) is 5.12. The number of anilines is 1. The summed E-state index contributed by atoms with van der Waals surface area (Å²) >= 11 is 0. The second kappa shape index (κ2) is 8.53. The highest BCUT2D eigenvalue weighted by Crippen LogP contribution is 2.32. The van der Waals surface area contributed by atoms with Crippen molar-refractivity contribution < 1.29 is 29.1 Å². The number of carbonyl (C=O) groups is 2. The first-order chi connectivity index (χ1) is 14.2. The Balaban J connectivity index is 1.37. The van der Waals surface area contributed by atoms with E-state index in [2.05, 4.69) is 6.92 Å². The molecule has 2 aliphatic heterocycles. The van der Waals surface area contributed by atoms with E-state index < -0.39 is 6.04 Å². The van der Waals surface area contributed by atoms with Crippen LogP contribution in [0.5, 0.6) is 17.2 Å². The Labute approximate surface area is 169 Å². The fourth-order valence-corrected chi connectivity index (χ4v) is 3.48. The monoisotopic (exact) mass is 397 g/mol. The molecule has 0 radical (unpaired) electrons. The predicted octanol–water partition coefficient (Wildman–Crippen LogP) is 1.99. The van der Waals surface area contributed by atoms with E-state index >= 15 is 0 Å². The topological polar surface area (TPSA) is 81.7 Å². The second-order valence-electron chi connectivity index (χ2n) is 7.20. The van der Waals surface area contributed by atoms with E-state index in [1.165, 1.54) is 4.90 Å². The van der Waals surface area contributed by atoms with Crippen LogP contribution in [0.4, 0.5) is 5.69 Å². The molecule has 2 aromatic carbocycles. The molecule has 0 saturated carbocycles. The maximum atomic E-state index is 12.8. The van der Waals surface area contributed by atoms with E-state index in [9.17, 15) is 9.59 Å². The lowest BCUT2D eigenvalue weighted by Crippen LogP contribution is -2.90. The zero-order valence-electron chi connectivity index (χ0n) is 16.4. The third kappa shape index (κ3) is 4.19. The van der Waals surface area contributed by atoms with Gasteiger partial charge in [0.15, 0.2) is 17.5 Å². The van der Waals surface area contributed by atoms with Crippen molar-refractivity contribution in [3.8, 4) is 17.2 Å². The summed E-state index contributed by atoms with van der Waals surface area (Å²) in [4.78, 5) is 26.6. The van der Waals surface area contributed by atoms with Crippen LogP contribution in [0.1, 0.15) is 31.7 Å². The lowest BCUT2D eigenvalue weighted by atomic mass is 10.1. The molecule has 2 aromatic rings. The van der Waals surface area contributed by atoms with E-state index in [1.54, 1.807) is 24.3 Å². The average Bonchev–Trinajstić information content (AvgIpc) is 3.31. The lowest BCUT2D eigenvalue weighted by molar-refractivity contribution is -0.690. The van der Waals surface area contributed by atoms with E-state index in [1.807, 2.05) is 23.5 Å². The molecule has 1 atom stereocenters. The van der Waals surface area contributed by atoms with Gasteiger partial charge in [-0.15, -0.1) is 0 Å². The molecule has 29 heavy (non-hydrogen) atoms. The Bertz CT molecular complexity index is 897. The molecule has 152 valence electrons. The minimum atomic E-state index is -0.423. The van der Waals surface area contributed by atoms with Crippen LogP contribution in [0.25, 0.3) is 0 Å². The molecule has 0 aromatic heterocycles. The normalized spacial score (nSPS) is 17.8. The Hall–Kier alpha value is -3.06. The molecule has 2 N–H and O–H groups in total. The summed E-state index contributed by atoms with van der Waals surface area (Å²) in [5, 5.41) is 1.90. The zero-order valence-corrected chi connectivity index (χ0v) is 16.4. The van der Waals surface area contributed by atoms with Crippen molar-refractivity contribution in [2.75, 3.05) is 18.3 Å². The Kier molecular flexibility index (Phi) is 5.67. The molecule has 7 nitrogen and oxygen atoms in total. The van der Waals surface area contributed by atoms with Crippen molar-refractivity contribution in [3.05, 3.63) is 48.0 Å². The van der Waals surface area contributed by atoms with Gasteiger partial charge in [-0.1, -0.05) is 13.3 Å².